The van der Waals surface area contributed by atoms with Gasteiger partial charge in [0.05, 0.1) is 12.3 Å². The van der Waals surface area contributed by atoms with Crippen LogP contribution < -0.4 is 10.2 Å². The first-order valence-corrected chi connectivity index (χ1v) is 9.31. The van der Waals surface area contributed by atoms with E-state index in [0.29, 0.717) is 23.8 Å². The Hall–Kier alpha value is -3.94. The summed E-state index contributed by atoms with van der Waals surface area (Å²) >= 11 is 0. The molecule has 0 atom stereocenters. The van der Waals surface area contributed by atoms with Crippen molar-refractivity contribution >= 4 is 18.0 Å². The Kier molecular flexibility index (Phi) is 6.59. The fourth-order valence-corrected chi connectivity index (χ4v) is 2.60. The fraction of sp³-hybridized carbons (Fsp3) is 0.182. The van der Waals surface area contributed by atoms with Crippen molar-refractivity contribution < 1.29 is 18.9 Å². The van der Waals surface area contributed by atoms with E-state index in [1.165, 1.54) is 23.9 Å². The molecule has 0 aliphatic heterocycles. The second kappa shape index (κ2) is 9.51. The van der Waals surface area contributed by atoms with Crippen LogP contribution in [0.4, 0.5) is 5.88 Å². The van der Waals surface area contributed by atoms with Gasteiger partial charge in [-0.15, -0.1) is 0 Å². The molecule has 0 unspecified atom stereocenters. The third-order valence-electron chi connectivity index (χ3n) is 4.32. The molecule has 3 rings (SSSR count). The molecule has 30 heavy (non-hydrogen) atoms. The van der Waals surface area contributed by atoms with Crippen molar-refractivity contribution in [3.8, 4) is 5.75 Å². The van der Waals surface area contributed by atoms with Crippen molar-refractivity contribution in [2.45, 2.75) is 26.4 Å². The number of carbonyl (C=O) groups is 1. The van der Waals surface area contributed by atoms with Crippen molar-refractivity contribution in [3.05, 3.63) is 93.2 Å². The molecule has 8 nitrogen and oxygen atoms in total. The van der Waals surface area contributed by atoms with Crippen LogP contribution in [0.1, 0.15) is 47.0 Å². The van der Waals surface area contributed by atoms with Gasteiger partial charge < -0.3 is 9.15 Å². The number of nitrogens with one attached hydrogen (secondary N) is 1. The lowest BCUT2D eigenvalue weighted by Gasteiger charge is -2.09. The Balaban J connectivity index is 1.50. The van der Waals surface area contributed by atoms with Crippen LogP contribution in [0.5, 0.6) is 5.75 Å². The first-order valence-electron chi connectivity index (χ1n) is 9.31. The lowest BCUT2D eigenvalue weighted by atomic mass is 10.0. The maximum Gasteiger partial charge on any atom is 0.433 e. The standard InChI is InChI=1S/C22H21N3O5/c1-15(2)17-5-3-16(4-6-17)14-29-19-9-7-18(8-10-19)22(26)24-23-13-20-11-12-21(30-20)25(27)28/h3-13,15H,14H2,1-2H3,(H,24,26)/b23-13-. The third kappa shape index (κ3) is 5.54. The molecule has 1 heterocycles. The molecular formula is C22H21N3O5. The summed E-state index contributed by atoms with van der Waals surface area (Å²) in [6.45, 7) is 4.73. The van der Waals surface area contributed by atoms with Crippen LogP contribution in [0, 0.1) is 10.1 Å². The Morgan fingerprint density at radius 1 is 1.13 bits per heavy atom. The van der Waals surface area contributed by atoms with Crippen LogP contribution in [0.2, 0.25) is 0 Å². The van der Waals surface area contributed by atoms with Crippen molar-refractivity contribution in [1.29, 1.82) is 0 Å². The molecule has 0 spiro atoms. The van der Waals surface area contributed by atoms with Gasteiger partial charge in [-0.05, 0) is 47.4 Å². The van der Waals surface area contributed by atoms with E-state index in [4.69, 9.17) is 9.15 Å². The summed E-state index contributed by atoms with van der Waals surface area (Å²) in [7, 11) is 0. The summed E-state index contributed by atoms with van der Waals surface area (Å²) in [4.78, 5) is 22.0. The van der Waals surface area contributed by atoms with E-state index in [9.17, 15) is 14.9 Å². The minimum Gasteiger partial charge on any atom is -0.489 e. The van der Waals surface area contributed by atoms with Crippen LogP contribution in [0.3, 0.4) is 0 Å². The van der Waals surface area contributed by atoms with E-state index >= 15 is 0 Å². The molecule has 1 N–H and O–H groups in total. The van der Waals surface area contributed by atoms with Crippen LogP contribution in [0.15, 0.2) is 70.2 Å². The zero-order valence-electron chi connectivity index (χ0n) is 16.6. The molecule has 0 bridgehead atoms. The number of hydrogen-bond donors (Lipinski definition) is 1. The molecule has 1 amide bonds. The molecule has 0 aliphatic carbocycles. The van der Waals surface area contributed by atoms with Crippen molar-refractivity contribution in [2.75, 3.05) is 0 Å². The van der Waals surface area contributed by atoms with E-state index < -0.39 is 16.7 Å². The van der Waals surface area contributed by atoms with E-state index in [-0.39, 0.29) is 5.76 Å². The molecule has 0 aliphatic rings. The maximum absolute atomic E-state index is 12.1. The van der Waals surface area contributed by atoms with E-state index in [2.05, 4.69) is 36.5 Å². The van der Waals surface area contributed by atoms with Gasteiger partial charge in [0.1, 0.15) is 17.3 Å². The Morgan fingerprint density at radius 3 is 2.43 bits per heavy atom. The Bertz CT molecular complexity index is 1040. The molecule has 0 saturated carbocycles. The lowest BCUT2D eigenvalue weighted by molar-refractivity contribution is -0.402. The van der Waals surface area contributed by atoms with Gasteiger partial charge in [0.25, 0.3) is 5.91 Å². The summed E-state index contributed by atoms with van der Waals surface area (Å²) in [5.74, 6) is 0.469. The zero-order valence-corrected chi connectivity index (χ0v) is 16.6. The number of rotatable bonds is 8. The second-order valence-electron chi connectivity index (χ2n) is 6.84. The van der Waals surface area contributed by atoms with Crippen molar-refractivity contribution in [2.24, 2.45) is 5.10 Å². The number of carbonyl (C=O) groups excluding carboxylic acids is 1. The summed E-state index contributed by atoms with van der Waals surface area (Å²) < 4.78 is 10.7. The number of furan rings is 1. The average molecular weight is 407 g/mol. The van der Waals surface area contributed by atoms with E-state index in [1.54, 1.807) is 24.3 Å². The SMILES string of the molecule is CC(C)c1ccc(COc2ccc(C(=O)N/N=C\c3ccc([N+](=O)[O-])o3)cc2)cc1. The predicted octanol–water partition coefficient (Wildman–Crippen LogP) is 4.65. The molecule has 0 fully saturated rings. The molecule has 0 saturated heterocycles. The summed E-state index contributed by atoms with van der Waals surface area (Å²) in [6.07, 6.45) is 1.19. The van der Waals surface area contributed by atoms with E-state index in [0.717, 1.165) is 5.56 Å². The van der Waals surface area contributed by atoms with Gasteiger partial charge in [-0.2, -0.15) is 5.10 Å². The minimum absolute atomic E-state index is 0.159. The van der Waals surface area contributed by atoms with Gasteiger partial charge in [0, 0.05) is 5.56 Å². The molecule has 154 valence electrons. The minimum atomic E-state index is -0.653. The molecule has 3 aromatic rings. The fourth-order valence-electron chi connectivity index (χ4n) is 2.60. The van der Waals surface area contributed by atoms with Gasteiger partial charge in [-0.25, -0.2) is 5.43 Å². The molecule has 8 heteroatoms. The first-order chi connectivity index (χ1) is 14.4. The largest absolute Gasteiger partial charge is 0.489 e. The number of nitrogens with zero attached hydrogens (tertiary/aromatic N) is 2. The second-order valence-corrected chi connectivity index (χ2v) is 6.84. The quantitative estimate of drug-likeness (QED) is 0.332. The molecule has 0 radical (unpaired) electrons. The first kappa shape index (κ1) is 20.8. The monoisotopic (exact) mass is 407 g/mol. The molecular weight excluding hydrogens is 386 g/mol. The van der Waals surface area contributed by atoms with Crippen LogP contribution >= 0.6 is 0 Å². The lowest BCUT2D eigenvalue weighted by Crippen LogP contribution is -2.17. The number of ether oxygens (including phenoxy) is 1. The van der Waals surface area contributed by atoms with Gasteiger partial charge in [-0.1, -0.05) is 38.1 Å². The normalized spacial score (nSPS) is 11.0. The molecule has 1 aromatic heterocycles. The van der Waals surface area contributed by atoms with Crippen LogP contribution in [-0.2, 0) is 6.61 Å². The van der Waals surface area contributed by atoms with Gasteiger partial charge in [0.15, 0.2) is 5.76 Å². The molecule has 2 aromatic carbocycles. The summed E-state index contributed by atoms with van der Waals surface area (Å²) in [5.41, 5.74) is 5.08. The van der Waals surface area contributed by atoms with Crippen LogP contribution in [0.25, 0.3) is 0 Å². The van der Waals surface area contributed by atoms with Crippen molar-refractivity contribution in [3.63, 3.8) is 0 Å². The topological polar surface area (TPSA) is 107 Å². The number of nitro groups is 1. The maximum atomic E-state index is 12.1. The number of benzene rings is 2. The highest BCUT2D eigenvalue weighted by atomic mass is 16.6. The zero-order chi connectivity index (χ0) is 21.5. The van der Waals surface area contributed by atoms with Crippen LogP contribution in [-0.4, -0.2) is 17.0 Å². The smallest absolute Gasteiger partial charge is 0.433 e. The third-order valence-corrected chi connectivity index (χ3v) is 4.32. The van der Waals surface area contributed by atoms with E-state index in [1.807, 2.05) is 12.1 Å². The summed E-state index contributed by atoms with van der Waals surface area (Å²) in [5, 5.41) is 14.3. The highest BCUT2D eigenvalue weighted by Crippen LogP contribution is 2.18. The van der Waals surface area contributed by atoms with Gasteiger partial charge >= 0.3 is 5.88 Å². The number of amides is 1. The summed E-state index contributed by atoms with van der Waals surface area (Å²) in [6, 6.07) is 17.5. The Morgan fingerprint density at radius 2 is 1.83 bits per heavy atom. The van der Waals surface area contributed by atoms with Crippen molar-refractivity contribution in [1.82, 2.24) is 5.43 Å². The number of hydrazone groups is 1. The predicted molar refractivity (Wildman–Crippen MR) is 112 cm³/mol. The highest BCUT2D eigenvalue weighted by molar-refractivity contribution is 5.94. The van der Waals surface area contributed by atoms with Gasteiger partial charge in [0.2, 0.25) is 0 Å². The number of hydrogen-bond acceptors (Lipinski definition) is 6. The Labute approximate surface area is 173 Å². The van der Waals surface area contributed by atoms with Gasteiger partial charge in [-0.3, -0.25) is 14.9 Å². The average Bonchev–Trinajstić information content (AvgIpc) is 3.22. The highest BCUT2D eigenvalue weighted by Gasteiger charge is 2.10.